The van der Waals surface area contributed by atoms with Gasteiger partial charge in [-0.1, -0.05) is 30.3 Å². The first-order valence-electron chi connectivity index (χ1n) is 7.57. The van der Waals surface area contributed by atoms with Crippen LogP contribution in [0.1, 0.15) is 24.8 Å². The molecule has 6 heteroatoms. The summed E-state index contributed by atoms with van der Waals surface area (Å²) in [5.41, 5.74) is 0.902. The molecule has 2 N–H and O–H groups in total. The van der Waals surface area contributed by atoms with E-state index in [1.54, 1.807) is 0 Å². The number of carbonyl (C=O) groups is 2. The molecule has 1 aliphatic rings. The van der Waals surface area contributed by atoms with Crippen molar-refractivity contribution in [2.75, 3.05) is 19.7 Å². The molecule has 1 heterocycles. The van der Waals surface area contributed by atoms with Crippen molar-refractivity contribution in [3.05, 3.63) is 35.9 Å². The molecule has 1 aromatic carbocycles. The second-order valence-electron chi connectivity index (χ2n) is 5.19. The van der Waals surface area contributed by atoms with E-state index in [1.165, 1.54) is 0 Å². The van der Waals surface area contributed by atoms with E-state index < -0.39 is 6.09 Å². The molecule has 0 radical (unpaired) electrons. The van der Waals surface area contributed by atoms with Gasteiger partial charge >= 0.3 is 6.09 Å². The topological polar surface area (TPSA) is 76.7 Å². The second kappa shape index (κ2) is 9.04. The first kappa shape index (κ1) is 16.3. The molecule has 2 amide bonds. The standard InChI is InChI=1S/C16H22N2O4/c19-15(17-9-8-14-7-4-10-21-14)11-18-16(20)22-12-13-5-2-1-3-6-13/h1-3,5-6,14H,4,7-12H2,(H,17,19)(H,18,20)/t14-/m1/s1. The van der Waals surface area contributed by atoms with E-state index in [-0.39, 0.29) is 25.2 Å². The molecule has 0 bridgehead atoms. The van der Waals surface area contributed by atoms with E-state index in [4.69, 9.17) is 9.47 Å². The number of hydrogen-bond donors (Lipinski definition) is 2. The zero-order chi connectivity index (χ0) is 15.6. The minimum absolute atomic E-state index is 0.0842. The summed E-state index contributed by atoms with van der Waals surface area (Å²) in [6.07, 6.45) is 2.61. The predicted octanol–water partition coefficient (Wildman–Crippen LogP) is 1.60. The Balaban J connectivity index is 1.52. The molecule has 1 fully saturated rings. The van der Waals surface area contributed by atoms with Gasteiger partial charge in [-0.2, -0.15) is 0 Å². The van der Waals surface area contributed by atoms with E-state index in [1.807, 2.05) is 30.3 Å². The fourth-order valence-electron chi connectivity index (χ4n) is 2.23. The van der Waals surface area contributed by atoms with Crippen LogP contribution in [0.5, 0.6) is 0 Å². The summed E-state index contributed by atoms with van der Waals surface area (Å²) in [5.74, 6) is -0.227. The molecule has 0 saturated carbocycles. The van der Waals surface area contributed by atoms with Gasteiger partial charge in [0.15, 0.2) is 0 Å². The molecule has 22 heavy (non-hydrogen) atoms. The van der Waals surface area contributed by atoms with Crippen LogP contribution in [-0.2, 0) is 20.9 Å². The van der Waals surface area contributed by atoms with Crippen molar-refractivity contribution in [1.82, 2.24) is 10.6 Å². The summed E-state index contributed by atoms with van der Waals surface area (Å²) in [4.78, 5) is 23.0. The molecule has 1 atom stereocenters. The predicted molar refractivity (Wildman–Crippen MR) is 81.2 cm³/mol. The van der Waals surface area contributed by atoms with Crippen molar-refractivity contribution < 1.29 is 19.1 Å². The van der Waals surface area contributed by atoms with Gasteiger partial charge in [-0.05, 0) is 24.8 Å². The highest BCUT2D eigenvalue weighted by Crippen LogP contribution is 2.14. The van der Waals surface area contributed by atoms with Crippen molar-refractivity contribution in [2.45, 2.75) is 32.0 Å². The summed E-state index contributed by atoms with van der Waals surface area (Å²) in [6, 6.07) is 9.37. The smallest absolute Gasteiger partial charge is 0.407 e. The summed E-state index contributed by atoms with van der Waals surface area (Å²) in [6.45, 7) is 1.48. The summed E-state index contributed by atoms with van der Waals surface area (Å²) >= 11 is 0. The van der Waals surface area contributed by atoms with Crippen LogP contribution in [0.25, 0.3) is 0 Å². The third-order valence-corrected chi connectivity index (χ3v) is 3.42. The van der Waals surface area contributed by atoms with Gasteiger partial charge in [0, 0.05) is 13.2 Å². The van der Waals surface area contributed by atoms with Crippen LogP contribution in [-0.4, -0.2) is 37.8 Å². The maximum atomic E-state index is 11.6. The maximum absolute atomic E-state index is 11.6. The molecule has 1 saturated heterocycles. The first-order valence-corrected chi connectivity index (χ1v) is 7.57. The second-order valence-corrected chi connectivity index (χ2v) is 5.19. The highest BCUT2D eigenvalue weighted by molar-refractivity contribution is 5.82. The van der Waals surface area contributed by atoms with Gasteiger partial charge in [-0.25, -0.2) is 4.79 Å². The summed E-state index contributed by atoms with van der Waals surface area (Å²) in [7, 11) is 0. The highest BCUT2D eigenvalue weighted by Gasteiger charge is 2.15. The Bertz CT molecular complexity index is 472. The van der Waals surface area contributed by atoms with Gasteiger partial charge in [-0.3, -0.25) is 4.79 Å². The number of benzene rings is 1. The lowest BCUT2D eigenvalue weighted by molar-refractivity contribution is -0.120. The molecule has 0 aliphatic carbocycles. The van der Waals surface area contributed by atoms with Crippen LogP contribution < -0.4 is 10.6 Å². The van der Waals surface area contributed by atoms with E-state index in [0.29, 0.717) is 6.54 Å². The molecular weight excluding hydrogens is 284 g/mol. The zero-order valence-corrected chi connectivity index (χ0v) is 12.5. The van der Waals surface area contributed by atoms with Crippen LogP contribution >= 0.6 is 0 Å². The maximum Gasteiger partial charge on any atom is 0.407 e. The lowest BCUT2D eigenvalue weighted by Gasteiger charge is -2.10. The largest absolute Gasteiger partial charge is 0.445 e. The molecule has 0 aromatic heterocycles. The Kier molecular flexibility index (Phi) is 6.70. The SMILES string of the molecule is O=C(CNC(=O)OCc1ccccc1)NCC[C@H]1CCCO1. The average Bonchev–Trinajstić information content (AvgIpc) is 3.05. The van der Waals surface area contributed by atoms with Crippen molar-refractivity contribution in [3.8, 4) is 0 Å². The molecule has 0 spiro atoms. The molecule has 6 nitrogen and oxygen atoms in total. The normalized spacial score (nSPS) is 17.0. The first-order chi connectivity index (χ1) is 10.7. The van der Waals surface area contributed by atoms with Gasteiger partial charge < -0.3 is 20.1 Å². The fraction of sp³-hybridized carbons (Fsp3) is 0.500. The van der Waals surface area contributed by atoms with Crippen LogP contribution in [0.3, 0.4) is 0 Å². The van der Waals surface area contributed by atoms with Crippen molar-refractivity contribution in [3.63, 3.8) is 0 Å². The van der Waals surface area contributed by atoms with Crippen molar-refractivity contribution >= 4 is 12.0 Å². The lowest BCUT2D eigenvalue weighted by Crippen LogP contribution is -2.38. The minimum Gasteiger partial charge on any atom is -0.445 e. The fourth-order valence-corrected chi connectivity index (χ4v) is 2.23. The molecule has 1 aromatic rings. The number of alkyl carbamates (subject to hydrolysis) is 1. The minimum atomic E-state index is -0.599. The number of carbonyl (C=O) groups excluding carboxylic acids is 2. The number of rotatable bonds is 7. The van der Waals surface area contributed by atoms with Crippen molar-refractivity contribution in [1.29, 1.82) is 0 Å². The Morgan fingerprint density at radius 3 is 2.77 bits per heavy atom. The Hall–Kier alpha value is -2.08. The van der Waals surface area contributed by atoms with Gasteiger partial charge in [0.05, 0.1) is 12.6 Å². The summed E-state index contributed by atoms with van der Waals surface area (Å²) < 4.78 is 10.5. The van der Waals surface area contributed by atoms with E-state index in [0.717, 1.165) is 31.4 Å². The number of ether oxygens (including phenoxy) is 2. The number of nitrogens with one attached hydrogen (secondary N) is 2. The Morgan fingerprint density at radius 2 is 2.05 bits per heavy atom. The Morgan fingerprint density at radius 1 is 1.23 bits per heavy atom. The highest BCUT2D eigenvalue weighted by atomic mass is 16.5. The molecule has 0 unspecified atom stereocenters. The zero-order valence-electron chi connectivity index (χ0n) is 12.5. The molecular formula is C16H22N2O4. The van der Waals surface area contributed by atoms with Gasteiger partial charge in [0.2, 0.25) is 5.91 Å². The van der Waals surface area contributed by atoms with E-state index in [9.17, 15) is 9.59 Å². The summed E-state index contributed by atoms with van der Waals surface area (Å²) in [5, 5.41) is 5.18. The van der Waals surface area contributed by atoms with Crippen LogP contribution in [0.4, 0.5) is 4.79 Å². The van der Waals surface area contributed by atoms with E-state index in [2.05, 4.69) is 10.6 Å². The van der Waals surface area contributed by atoms with E-state index >= 15 is 0 Å². The lowest BCUT2D eigenvalue weighted by atomic mass is 10.2. The third kappa shape index (κ3) is 6.13. The molecule has 1 aliphatic heterocycles. The average molecular weight is 306 g/mol. The van der Waals surface area contributed by atoms with Crippen LogP contribution in [0.2, 0.25) is 0 Å². The quantitative estimate of drug-likeness (QED) is 0.802. The number of hydrogen-bond acceptors (Lipinski definition) is 4. The van der Waals surface area contributed by atoms with Crippen LogP contribution in [0, 0.1) is 0 Å². The van der Waals surface area contributed by atoms with Crippen LogP contribution in [0.15, 0.2) is 30.3 Å². The Labute approximate surface area is 130 Å². The third-order valence-electron chi connectivity index (χ3n) is 3.42. The molecule has 2 rings (SSSR count). The van der Waals surface area contributed by atoms with Gasteiger partial charge in [0.25, 0.3) is 0 Å². The monoisotopic (exact) mass is 306 g/mol. The van der Waals surface area contributed by atoms with Gasteiger partial charge in [-0.15, -0.1) is 0 Å². The molecule has 120 valence electrons. The number of amides is 2. The van der Waals surface area contributed by atoms with Crippen molar-refractivity contribution in [2.24, 2.45) is 0 Å². The van der Waals surface area contributed by atoms with Gasteiger partial charge in [0.1, 0.15) is 6.61 Å².